The summed E-state index contributed by atoms with van der Waals surface area (Å²) in [4.78, 5) is 16.4. The van der Waals surface area contributed by atoms with Gasteiger partial charge in [0.25, 0.3) is 0 Å². The zero-order chi connectivity index (χ0) is 15.0. The number of oxazole rings is 1. The fourth-order valence-corrected chi connectivity index (χ4v) is 2.29. The summed E-state index contributed by atoms with van der Waals surface area (Å²) in [5.74, 6) is -0.00746. The van der Waals surface area contributed by atoms with Crippen molar-refractivity contribution in [2.75, 3.05) is 6.61 Å². The molecule has 5 heteroatoms. The third-order valence-electron chi connectivity index (χ3n) is 3.50. The number of aryl methyl sites for hydroxylation is 1. The number of hydrogen-bond acceptors (Lipinski definition) is 4. The van der Waals surface area contributed by atoms with Gasteiger partial charge in [0, 0.05) is 11.5 Å². The second-order valence-corrected chi connectivity index (χ2v) is 5.19. The first-order valence-corrected chi connectivity index (χ1v) is 7.04. The molecule has 3 rings (SSSR count). The number of aromatic nitrogens is 1. The topological polar surface area (TPSA) is 52.3 Å². The molecular weight excluding hydrogens is 273 g/mol. The van der Waals surface area contributed by atoms with E-state index in [1.807, 2.05) is 0 Å². The van der Waals surface area contributed by atoms with Gasteiger partial charge >= 0.3 is 5.97 Å². The highest BCUT2D eigenvalue weighted by Crippen LogP contribution is 2.42. The third kappa shape index (κ3) is 2.68. The summed E-state index contributed by atoms with van der Waals surface area (Å²) in [6.45, 7) is 3.81. The molecule has 0 radical (unpaired) electrons. The SMILES string of the molecule is CCOC(=O)c1oc(-c2ccc(F)cc2C)nc1C1CC1. The van der Waals surface area contributed by atoms with Crippen molar-refractivity contribution in [3.05, 3.63) is 41.0 Å². The molecule has 1 saturated carbocycles. The minimum atomic E-state index is -0.488. The van der Waals surface area contributed by atoms with Crippen molar-refractivity contribution in [1.29, 1.82) is 0 Å². The molecule has 0 bridgehead atoms. The quantitative estimate of drug-likeness (QED) is 0.802. The first kappa shape index (κ1) is 13.8. The molecule has 0 amide bonds. The molecular formula is C16H16FNO3. The lowest BCUT2D eigenvalue weighted by molar-refractivity contribution is 0.0489. The molecule has 0 N–H and O–H groups in total. The second kappa shape index (κ2) is 5.31. The molecule has 0 spiro atoms. The normalized spacial score (nSPS) is 14.2. The number of carbonyl (C=O) groups excluding carboxylic acids is 1. The average molecular weight is 289 g/mol. The molecule has 0 saturated heterocycles. The zero-order valence-corrected chi connectivity index (χ0v) is 12.0. The molecule has 0 atom stereocenters. The van der Waals surface area contributed by atoms with E-state index in [2.05, 4.69) is 4.98 Å². The highest BCUT2D eigenvalue weighted by atomic mass is 19.1. The van der Waals surface area contributed by atoms with Crippen LogP contribution in [0.5, 0.6) is 0 Å². The molecule has 1 aliphatic carbocycles. The summed E-state index contributed by atoms with van der Waals surface area (Å²) in [5.41, 5.74) is 2.06. The molecule has 110 valence electrons. The van der Waals surface area contributed by atoms with Crippen LogP contribution in [-0.2, 0) is 4.74 Å². The van der Waals surface area contributed by atoms with Crippen molar-refractivity contribution in [3.63, 3.8) is 0 Å². The Kier molecular flexibility index (Phi) is 3.49. The maximum absolute atomic E-state index is 13.2. The fourth-order valence-electron chi connectivity index (χ4n) is 2.29. The van der Waals surface area contributed by atoms with Crippen molar-refractivity contribution in [2.24, 2.45) is 0 Å². The van der Waals surface area contributed by atoms with Crippen LogP contribution in [0.1, 0.15) is 47.5 Å². The van der Waals surface area contributed by atoms with Gasteiger partial charge in [-0.2, -0.15) is 0 Å². The summed E-state index contributed by atoms with van der Waals surface area (Å²) in [7, 11) is 0. The molecule has 4 nitrogen and oxygen atoms in total. The highest BCUT2D eigenvalue weighted by molar-refractivity contribution is 5.88. The van der Waals surface area contributed by atoms with Crippen LogP contribution >= 0.6 is 0 Å². The summed E-state index contributed by atoms with van der Waals surface area (Å²) in [6.07, 6.45) is 2.00. The lowest BCUT2D eigenvalue weighted by atomic mass is 10.1. The van der Waals surface area contributed by atoms with E-state index in [0.29, 0.717) is 22.7 Å². The molecule has 1 aromatic heterocycles. The van der Waals surface area contributed by atoms with Crippen LogP contribution in [0.15, 0.2) is 22.6 Å². The maximum atomic E-state index is 13.2. The van der Waals surface area contributed by atoms with Crippen molar-refractivity contribution < 1.29 is 18.3 Å². The maximum Gasteiger partial charge on any atom is 0.376 e. The van der Waals surface area contributed by atoms with Gasteiger partial charge in [-0.25, -0.2) is 14.2 Å². The fraction of sp³-hybridized carbons (Fsp3) is 0.375. The van der Waals surface area contributed by atoms with Crippen molar-refractivity contribution in [2.45, 2.75) is 32.6 Å². The molecule has 0 aliphatic heterocycles. The van der Waals surface area contributed by atoms with Crippen LogP contribution in [0.3, 0.4) is 0 Å². The Bertz CT molecular complexity index is 689. The Morgan fingerprint density at radius 3 is 2.86 bits per heavy atom. The number of halogens is 1. The monoisotopic (exact) mass is 289 g/mol. The molecule has 1 heterocycles. The lowest BCUT2D eigenvalue weighted by Crippen LogP contribution is -2.05. The standard InChI is InChI=1S/C16H16FNO3/c1-3-20-16(19)14-13(10-4-5-10)18-15(21-14)12-7-6-11(17)8-9(12)2/h6-8,10H,3-5H2,1-2H3. The van der Waals surface area contributed by atoms with Gasteiger partial charge in [0.05, 0.1) is 12.3 Å². The average Bonchev–Trinajstić information content (AvgIpc) is 3.19. The van der Waals surface area contributed by atoms with E-state index in [1.165, 1.54) is 12.1 Å². The molecule has 1 aliphatic rings. The summed E-state index contributed by atoms with van der Waals surface area (Å²) in [6, 6.07) is 4.38. The zero-order valence-electron chi connectivity index (χ0n) is 12.0. The van der Waals surface area contributed by atoms with E-state index >= 15 is 0 Å². The molecule has 21 heavy (non-hydrogen) atoms. The smallest absolute Gasteiger partial charge is 0.376 e. The minimum absolute atomic E-state index is 0.179. The first-order chi connectivity index (χ1) is 10.1. The second-order valence-electron chi connectivity index (χ2n) is 5.19. The van der Waals surface area contributed by atoms with Crippen LogP contribution in [0.4, 0.5) is 4.39 Å². The van der Waals surface area contributed by atoms with Gasteiger partial charge in [0.15, 0.2) is 0 Å². The van der Waals surface area contributed by atoms with Crippen LogP contribution in [0.25, 0.3) is 11.5 Å². The van der Waals surface area contributed by atoms with E-state index in [9.17, 15) is 9.18 Å². The van der Waals surface area contributed by atoms with Gasteiger partial charge in [0.1, 0.15) is 5.82 Å². The lowest BCUT2D eigenvalue weighted by Gasteiger charge is -2.01. The van der Waals surface area contributed by atoms with E-state index in [1.54, 1.807) is 19.9 Å². The Labute approximate surface area is 121 Å². The van der Waals surface area contributed by atoms with Crippen molar-refractivity contribution >= 4 is 5.97 Å². The van der Waals surface area contributed by atoms with E-state index in [-0.39, 0.29) is 24.1 Å². The number of carbonyl (C=O) groups is 1. The Balaban J connectivity index is 2.03. The van der Waals surface area contributed by atoms with Crippen molar-refractivity contribution in [3.8, 4) is 11.5 Å². The van der Waals surface area contributed by atoms with Gasteiger partial charge in [-0.15, -0.1) is 0 Å². The van der Waals surface area contributed by atoms with E-state index in [0.717, 1.165) is 12.8 Å². The first-order valence-electron chi connectivity index (χ1n) is 7.04. The Morgan fingerprint density at radius 2 is 2.24 bits per heavy atom. The van der Waals surface area contributed by atoms with Gasteiger partial charge in [-0.3, -0.25) is 0 Å². The highest BCUT2D eigenvalue weighted by Gasteiger charge is 2.34. The molecule has 1 fully saturated rings. The number of nitrogens with zero attached hydrogens (tertiary/aromatic N) is 1. The summed E-state index contributed by atoms with van der Waals surface area (Å²) >= 11 is 0. The van der Waals surface area contributed by atoms with Crippen molar-refractivity contribution in [1.82, 2.24) is 4.98 Å². The van der Waals surface area contributed by atoms with Gasteiger partial charge < -0.3 is 9.15 Å². The number of benzene rings is 1. The van der Waals surface area contributed by atoms with E-state index in [4.69, 9.17) is 9.15 Å². The predicted molar refractivity (Wildman–Crippen MR) is 74.6 cm³/mol. The Morgan fingerprint density at radius 1 is 1.48 bits per heavy atom. The number of esters is 1. The third-order valence-corrected chi connectivity index (χ3v) is 3.50. The van der Waals surface area contributed by atoms with Crippen LogP contribution in [0.2, 0.25) is 0 Å². The largest absolute Gasteiger partial charge is 0.460 e. The summed E-state index contributed by atoms with van der Waals surface area (Å²) < 4.78 is 23.8. The van der Waals surface area contributed by atoms with E-state index < -0.39 is 5.97 Å². The van der Waals surface area contributed by atoms with Crippen LogP contribution < -0.4 is 0 Å². The number of rotatable bonds is 4. The Hall–Kier alpha value is -2.17. The summed E-state index contributed by atoms with van der Waals surface area (Å²) in [5, 5.41) is 0. The number of ether oxygens (including phenoxy) is 1. The van der Waals surface area contributed by atoms with Crippen LogP contribution in [-0.4, -0.2) is 17.6 Å². The number of hydrogen-bond donors (Lipinski definition) is 0. The molecule has 0 unspecified atom stereocenters. The minimum Gasteiger partial charge on any atom is -0.460 e. The van der Waals surface area contributed by atoms with Gasteiger partial charge in [0.2, 0.25) is 11.7 Å². The van der Waals surface area contributed by atoms with Gasteiger partial charge in [-0.1, -0.05) is 0 Å². The molecule has 1 aromatic carbocycles. The van der Waals surface area contributed by atoms with Gasteiger partial charge in [-0.05, 0) is 50.5 Å². The van der Waals surface area contributed by atoms with Crippen LogP contribution in [0, 0.1) is 12.7 Å². The predicted octanol–water partition coefficient (Wildman–Crippen LogP) is 3.84. The molecule has 2 aromatic rings.